The van der Waals surface area contributed by atoms with Crippen LogP contribution in [0.4, 0.5) is 0 Å². The SMILES string of the molecule is CCCN(CC(=O)N(C)Cc1ccc2cc(OC)ccc2c1)Cc1nnc(-c2cccs2)o1. The molecule has 0 bridgehead atoms. The highest BCUT2D eigenvalue weighted by Crippen LogP contribution is 2.24. The number of aromatic nitrogens is 2. The summed E-state index contributed by atoms with van der Waals surface area (Å²) in [5.74, 6) is 1.93. The number of likely N-dealkylation sites (N-methyl/N-ethyl adjacent to an activating group) is 1. The minimum atomic E-state index is 0.0521. The van der Waals surface area contributed by atoms with Crippen LogP contribution in [0.5, 0.6) is 5.75 Å². The van der Waals surface area contributed by atoms with E-state index in [9.17, 15) is 4.79 Å². The summed E-state index contributed by atoms with van der Waals surface area (Å²) < 4.78 is 11.1. The lowest BCUT2D eigenvalue weighted by Crippen LogP contribution is -2.38. The maximum atomic E-state index is 13.0. The fraction of sp³-hybridized carbons (Fsp3) is 0.320. The molecule has 0 unspecified atom stereocenters. The number of nitrogens with zero attached hydrogens (tertiary/aromatic N) is 4. The smallest absolute Gasteiger partial charge is 0.257 e. The molecule has 33 heavy (non-hydrogen) atoms. The minimum Gasteiger partial charge on any atom is -0.497 e. The Morgan fingerprint density at radius 3 is 2.67 bits per heavy atom. The third-order valence-corrected chi connectivity index (χ3v) is 6.27. The molecule has 0 atom stereocenters. The second kappa shape index (κ2) is 10.6. The highest BCUT2D eigenvalue weighted by molar-refractivity contribution is 7.13. The molecule has 0 saturated heterocycles. The first-order chi connectivity index (χ1) is 16.1. The molecule has 8 heteroatoms. The second-order valence-corrected chi connectivity index (χ2v) is 8.93. The summed E-state index contributed by atoms with van der Waals surface area (Å²) in [7, 11) is 3.51. The zero-order valence-electron chi connectivity index (χ0n) is 19.2. The van der Waals surface area contributed by atoms with Gasteiger partial charge in [0, 0.05) is 13.6 Å². The number of fused-ring (bicyclic) bond motifs is 1. The molecule has 2 aromatic heterocycles. The first-order valence-electron chi connectivity index (χ1n) is 10.9. The second-order valence-electron chi connectivity index (χ2n) is 7.99. The van der Waals surface area contributed by atoms with Crippen molar-refractivity contribution in [3.05, 3.63) is 65.4 Å². The van der Waals surface area contributed by atoms with Crippen LogP contribution in [0.15, 0.2) is 58.3 Å². The van der Waals surface area contributed by atoms with Gasteiger partial charge in [0.05, 0.1) is 25.1 Å². The largest absolute Gasteiger partial charge is 0.497 e. The topological polar surface area (TPSA) is 71.7 Å². The van der Waals surface area contributed by atoms with E-state index >= 15 is 0 Å². The van der Waals surface area contributed by atoms with Crippen LogP contribution in [0, 0.1) is 0 Å². The van der Waals surface area contributed by atoms with Gasteiger partial charge in [0.2, 0.25) is 11.8 Å². The van der Waals surface area contributed by atoms with Gasteiger partial charge in [-0.15, -0.1) is 21.5 Å². The van der Waals surface area contributed by atoms with Crippen molar-refractivity contribution in [2.75, 3.05) is 27.2 Å². The van der Waals surface area contributed by atoms with Gasteiger partial charge in [-0.3, -0.25) is 9.69 Å². The molecule has 172 valence electrons. The van der Waals surface area contributed by atoms with Crippen LogP contribution in [0.1, 0.15) is 24.8 Å². The molecular formula is C25H28N4O3S. The molecule has 0 fully saturated rings. The van der Waals surface area contributed by atoms with Gasteiger partial charge < -0.3 is 14.1 Å². The Hall–Kier alpha value is -3.23. The first kappa shape index (κ1) is 22.9. The lowest BCUT2D eigenvalue weighted by atomic mass is 10.1. The molecule has 2 aromatic carbocycles. The molecule has 0 saturated carbocycles. The van der Waals surface area contributed by atoms with Gasteiger partial charge in [0.25, 0.3) is 5.89 Å². The predicted molar refractivity (Wildman–Crippen MR) is 130 cm³/mol. The van der Waals surface area contributed by atoms with E-state index in [4.69, 9.17) is 9.15 Å². The van der Waals surface area contributed by atoms with E-state index in [2.05, 4.69) is 40.2 Å². The quantitative estimate of drug-likeness (QED) is 0.335. The lowest BCUT2D eigenvalue weighted by Gasteiger charge is -2.24. The summed E-state index contributed by atoms with van der Waals surface area (Å²) in [4.78, 5) is 17.7. The van der Waals surface area contributed by atoms with Gasteiger partial charge >= 0.3 is 0 Å². The average Bonchev–Trinajstić information content (AvgIpc) is 3.51. The Balaban J connectivity index is 1.38. The van der Waals surface area contributed by atoms with E-state index < -0.39 is 0 Å². The zero-order chi connectivity index (χ0) is 23.2. The maximum Gasteiger partial charge on any atom is 0.257 e. The van der Waals surface area contributed by atoms with Gasteiger partial charge in [-0.2, -0.15) is 0 Å². The van der Waals surface area contributed by atoms with Crippen LogP contribution in [0.3, 0.4) is 0 Å². The number of benzene rings is 2. The van der Waals surface area contributed by atoms with Gasteiger partial charge in [0.15, 0.2) is 0 Å². The number of hydrogen-bond acceptors (Lipinski definition) is 7. The summed E-state index contributed by atoms with van der Waals surface area (Å²) >= 11 is 1.56. The molecule has 0 radical (unpaired) electrons. The van der Waals surface area contributed by atoms with Gasteiger partial charge in [-0.1, -0.05) is 31.2 Å². The van der Waals surface area contributed by atoms with Gasteiger partial charge in [-0.25, -0.2) is 0 Å². The average molecular weight is 465 g/mol. The van der Waals surface area contributed by atoms with E-state index in [1.165, 1.54) is 0 Å². The van der Waals surface area contributed by atoms with Crippen molar-refractivity contribution >= 4 is 28.0 Å². The predicted octanol–water partition coefficient (Wildman–Crippen LogP) is 4.83. The summed E-state index contributed by atoms with van der Waals surface area (Å²) in [5, 5.41) is 12.5. The summed E-state index contributed by atoms with van der Waals surface area (Å²) in [6, 6.07) is 16.1. The number of rotatable bonds is 10. The number of methoxy groups -OCH3 is 1. The molecule has 0 N–H and O–H groups in total. The molecule has 7 nitrogen and oxygen atoms in total. The molecule has 0 spiro atoms. The lowest BCUT2D eigenvalue weighted by molar-refractivity contribution is -0.131. The third-order valence-electron chi connectivity index (χ3n) is 5.41. The molecule has 1 amide bonds. The Bertz CT molecular complexity index is 1210. The van der Waals surface area contributed by atoms with Crippen molar-refractivity contribution in [3.8, 4) is 16.5 Å². The van der Waals surface area contributed by atoms with Crippen LogP contribution in [-0.4, -0.2) is 53.2 Å². The summed E-state index contributed by atoms with van der Waals surface area (Å²) in [6.45, 7) is 4.16. The molecule has 4 aromatic rings. The van der Waals surface area contributed by atoms with Crippen LogP contribution >= 0.6 is 11.3 Å². The molecule has 2 heterocycles. The minimum absolute atomic E-state index is 0.0521. The van der Waals surface area contributed by atoms with E-state index in [0.29, 0.717) is 31.4 Å². The number of carbonyl (C=O) groups is 1. The van der Waals surface area contributed by atoms with Crippen molar-refractivity contribution in [1.82, 2.24) is 20.0 Å². The van der Waals surface area contributed by atoms with E-state index in [-0.39, 0.29) is 5.91 Å². The summed E-state index contributed by atoms with van der Waals surface area (Å²) in [5.41, 5.74) is 1.09. The molecule has 0 aliphatic heterocycles. The number of carbonyl (C=O) groups excluding carboxylic acids is 1. The Morgan fingerprint density at radius 1 is 1.09 bits per heavy atom. The molecule has 4 rings (SSSR count). The van der Waals surface area contributed by atoms with E-state index in [1.807, 2.05) is 42.8 Å². The number of hydrogen-bond donors (Lipinski definition) is 0. The molecular weight excluding hydrogens is 436 g/mol. The highest BCUT2D eigenvalue weighted by Gasteiger charge is 2.18. The third kappa shape index (κ3) is 5.77. The Kier molecular flexibility index (Phi) is 7.36. The fourth-order valence-corrected chi connectivity index (χ4v) is 4.36. The van der Waals surface area contributed by atoms with Gasteiger partial charge in [0.1, 0.15) is 5.75 Å². The number of amides is 1. The number of thiophene rings is 1. The molecule has 0 aliphatic rings. The van der Waals surface area contributed by atoms with Crippen LogP contribution in [0.2, 0.25) is 0 Å². The zero-order valence-corrected chi connectivity index (χ0v) is 20.0. The fourth-order valence-electron chi connectivity index (χ4n) is 3.71. The van der Waals surface area contributed by atoms with Crippen LogP contribution < -0.4 is 4.74 Å². The molecule has 0 aliphatic carbocycles. The monoisotopic (exact) mass is 464 g/mol. The van der Waals surface area contributed by atoms with Crippen molar-refractivity contribution < 1.29 is 13.9 Å². The van der Waals surface area contributed by atoms with Crippen molar-refractivity contribution in [1.29, 1.82) is 0 Å². The first-order valence-corrected chi connectivity index (χ1v) is 11.8. The highest BCUT2D eigenvalue weighted by atomic mass is 32.1. The van der Waals surface area contributed by atoms with E-state index in [1.54, 1.807) is 23.3 Å². The van der Waals surface area contributed by atoms with Crippen molar-refractivity contribution in [2.24, 2.45) is 0 Å². The van der Waals surface area contributed by atoms with Crippen molar-refractivity contribution in [3.63, 3.8) is 0 Å². The van der Waals surface area contributed by atoms with Crippen LogP contribution in [-0.2, 0) is 17.9 Å². The van der Waals surface area contributed by atoms with Crippen molar-refractivity contribution in [2.45, 2.75) is 26.4 Å². The standard InChI is InChI=1S/C25H28N4O3S/c1-4-11-29(16-23-26-27-25(32-23)22-6-5-12-33-22)17-24(30)28(2)15-18-7-8-20-14-21(31-3)10-9-19(20)13-18/h5-10,12-14H,4,11,15-17H2,1-3H3. The Labute approximate surface area is 197 Å². The van der Waals surface area contributed by atoms with Gasteiger partial charge in [-0.05, 0) is 58.9 Å². The van der Waals surface area contributed by atoms with Crippen LogP contribution in [0.25, 0.3) is 21.5 Å². The Morgan fingerprint density at radius 2 is 1.91 bits per heavy atom. The normalized spacial score (nSPS) is 11.3. The number of ether oxygens (including phenoxy) is 1. The van der Waals surface area contributed by atoms with E-state index in [0.717, 1.165) is 39.9 Å². The maximum absolute atomic E-state index is 13.0. The summed E-state index contributed by atoms with van der Waals surface area (Å²) in [6.07, 6.45) is 0.928.